The molecule has 3 aromatic heterocycles. The summed E-state index contributed by atoms with van der Waals surface area (Å²) in [5.74, 6) is 1.04. The molecule has 0 atom stereocenters. The summed E-state index contributed by atoms with van der Waals surface area (Å²) in [7, 11) is 0. The molecule has 33 heavy (non-hydrogen) atoms. The van der Waals surface area contributed by atoms with Gasteiger partial charge in [0.25, 0.3) is 5.91 Å². The summed E-state index contributed by atoms with van der Waals surface area (Å²) in [6.45, 7) is 5.92. The SMILES string of the molecule is Cc1cccnc1CN1CCN(C(=O)c2cc(COc3cccc4cccnc34)on2)CC1. The lowest BCUT2D eigenvalue weighted by molar-refractivity contribution is 0.0616. The highest BCUT2D eigenvalue weighted by Gasteiger charge is 2.25. The first kappa shape index (κ1) is 21.1. The number of pyridine rings is 2. The molecule has 1 aromatic carbocycles. The molecule has 0 aliphatic carbocycles. The Bertz CT molecular complexity index is 1260. The number of aromatic nitrogens is 3. The molecule has 1 fully saturated rings. The summed E-state index contributed by atoms with van der Waals surface area (Å²) in [6.07, 6.45) is 3.56. The average molecular weight is 444 g/mol. The Hall–Kier alpha value is -3.78. The zero-order valence-corrected chi connectivity index (χ0v) is 18.5. The monoisotopic (exact) mass is 443 g/mol. The lowest BCUT2D eigenvalue weighted by atomic mass is 10.2. The molecular formula is C25H25N5O3. The number of hydrogen-bond acceptors (Lipinski definition) is 7. The van der Waals surface area contributed by atoms with Gasteiger partial charge in [-0.15, -0.1) is 0 Å². The topological polar surface area (TPSA) is 84.6 Å². The third-order valence-corrected chi connectivity index (χ3v) is 5.89. The van der Waals surface area contributed by atoms with Crippen LogP contribution in [0.2, 0.25) is 0 Å². The van der Waals surface area contributed by atoms with Crippen molar-refractivity contribution >= 4 is 16.8 Å². The number of rotatable bonds is 6. The molecule has 5 rings (SSSR count). The number of fused-ring (bicyclic) bond motifs is 1. The molecule has 0 radical (unpaired) electrons. The van der Waals surface area contributed by atoms with Gasteiger partial charge in [0, 0.05) is 56.6 Å². The van der Waals surface area contributed by atoms with E-state index in [4.69, 9.17) is 9.26 Å². The first-order chi connectivity index (χ1) is 16.2. The number of ether oxygens (including phenoxy) is 1. The smallest absolute Gasteiger partial charge is 0.276 e. The number of para-hydroxylation sites is 1. The van der Waals surface area contributed by atoms with Gasteiger partial charge in [-0.1, -0.05) is 29.4 Å². The zero-order chi connectivity index (χ0) is 22.6. The zero-order valence-electron chi connectivity index (χ0n) is 18.5. The van der Waals surface area contributed by atoms with E-state index in [1.807, 2.05) is 47.5 Å². The van der Waals surface area contributed by atoms with Gasteiger partial charge in [0.1, 0.15) is 17.9 Å². The number of benzene rings is 1. The Balaban J connectivity index is 1.16. The van der Waals surface area contributed by atoms with Crippen LogP contribution in [0.4, 0.5) is 0 Å². The summed E-state index contributed by atoms with van der Waals surface area (Å²) >= 11 is 0. The van der Waals surface area contributed by atoms with Crippen molar-refractivity contribution in [2.75, 3.05) is 26.2 Å². The largest absolute Gasteiger partial charge is 0.483 e. The molecule has 8 nitrogen and oxygen atoms in total. The van der Waals surface area contributed by atoms with Gasteiger partial charge < -0.3 is 14.2 Å². The second-order valence-corrected chi connectivity index (χ2v) is 8.13. The van der Waals surface area contributed by atoms with E-state index in [2.05, 4.69) is 33.0 Å². The van der Waals surface area contributed by atoms with Crippen LogP contribution in [0.25, 0.3) is 10.9 Å². The minimum Gasteiger partial charge on any atom is -0.483 e. The highest BCUT2D eigenvalue weighted by molar-refractivity contribution is 5.92. The van der Waals surface area contributed by atoms with Crippen molar-refractivity contribution in [1.82, 2.24) is 24.9 Å². The van der Waals surface area contributed by atoms with E-state index in [0.29, 0.717) is 30.3 Å². The predicted octanol–water partition coefficient (Wildman–Crippen LogP) is 3.46. The fourth-order valence-electron chi connectivity index (χ4n) is 3.99. The molecule has 0 saturated carbocycles. The van der Waals surface area contributed by atoms with E-state index in [1.165, 1.54) is 5.56 Å². The number of amides is 1. The van der Waals surface area contributed by atoms with Crippen LogP contribution in [0.5, 0.6) is 5.75 Å². The van der Waals surface area contributed by atoms with Gasteiger partial charge in [-0.3, -0.25) is 19.7 Å². The van der Waals surface area contributed by atoms with Crippen molar-refractivity contribution < 1.29 is 14.1 Å². The summed E-state index contributed by atoms with van der Waals surface area (Å²) in [6, 6.07) is 15.3. The van der Waals surface area contributed by atoms with Gasteiger partial charge in [-0.25, -0.2) is 0 Å². The van der Waals surface area contributed by atoms with Gasteiger partial charge in [-0.05, 0) is 30.7 Å². The molecule has 0 unspecified atom stereocenters. The number of aryl methyl sites for hydroxylation is 1. The highest BCUT2D eigenvalue weighted by atomic mass is 16.5. The van der Waals surface area contributed by atoms with Gasteiger partial charge in [0.05, 0.1) is 5.69 Å². The van der Waals surface area contributed by atoms with Crippen LogP contribution >= 0.6 is 0 Å². The van der Waals surface area contributed by atoms with Crippen molar-refractivity contribution in [2.24, 2.45) is 0 Å². The molecule has 8 heteroatoms. The minimum absolute atomic E-state index is 0.120. The number of carbonyl (C=O) groups excluding carboxylic acids is 1. The van der Waals surface area contributed by atoms with Gasteiger partial charge in [0.2, 0.25) is 0 Å². The van der Waals surface area contributed by atoms with Crippen LogP contribution in [0.3, 0.4) is 0 Å². The van der Waals surface area contributed by atoms with Gasteiger partial charge >= 0.3 is 0 Å². The Morgan fingerprint density at radius 1 is 1.03 bits per heavy atom. The molecule has 1 aliphatic heterocycles. The average Bonchev–Trinajstić information content (AvgIpc) is 3.33. The first-order valence-electron chi connectivity index (χ1n) is 11.0. The van der Waals surface area contributed by atoms with Crippen LogP contribution in [-0.2, 0) is 13.2 Å². The Morgan fingerprint density at radius 2 is 1.82 bits per heavy atom. The van der Waals surface area contributed by atoms with E-state index in [0.717, 1.165) is 36.2 Å². The van der Waals surface area contributed by atoms with Crippen molar-refractivity contribution in [3.63, 3.8) is 0 Å². The van der Waals surface area contributed by atoms with Crippen molar-refractivity contribution in [3.05, 3.63) is 83.6 Å². The second-order valence-electron chi connectivity index (χ2n) is 8.13. The molecule has 168 valence electrons. The van der Waals surface area contributed by atoms with Crippen LogP contribution in [0, 0.1) is 6.92 Å². The fourth-order valence-corrected chi connectivity index (χ4v) is 3.99. The van der Waals surface area contributed by atoms with Crippen LogP contribution in [0.1, 0.15) is 27.5 Å². The maximum atomic E-state index is 12.9. The normalized spacial score (nSPS) is 14.5. The summed E-state index contributed by atoms with van der Waals surface area (Å²) < 4.78 is 11.3. The fraction of sp³-hybridized carbons (Fsp3) is 0.280. The van der Waals surface area contributed by atoms with Crippen LogP contribution < -0.4 is 4.74 Å². The summed E-state index contributed by atoms with van der Waals surface area (Å²) in [4.78, 5) is 25.9. The van der Waals surface area contributed by atoms with Crippen LogP contribution in [-0.4, -0.2) is 57.0 Å². The summed E-state index contributed by atoms with van der Waals surface area (Å²) in [5.41, 5.74) is 3.36. The standard InChI is InChI=1S/C25H25N5O3/c1-18-5-3-9-26-22(18)16-29-11-13-30(14-12-29)25(31)21-15-20(33-28-21)17-32-23-8-2-6-19-7-4-10-27-24(19)23/h2-10,15H,11-14,16-17H2,1H3. The van der Waals surface area contributed by atoms with E-state index >= 15 is 0 Å². The van der Waals surface area contributed by atoms with E-state index in [-0.39, 0.29) is 12.5 Å². The third-order valence-electron chi connectivity index (χ3n) is 5.89. The minimum atomic E-state index is -0.120. The van der Waals surface area contributed by atoms with Crippen molar-refractivity contribution in [1.29, 1.82) is 0 Å². The molecule has 1 saturated heterocycles. The maximum absolute atomic E-state index is 12.9. The van der Waals surface area contributed by atoms with Crippen LogP contribution in [0.15, 0.2) is 65.4 Å². The third kappa shape index (κ3) is 4.70. The van der Waals surface area contributed by atoms with E-state index in [1.54, 1.807) is 12.3 Å². The van der Waals surface area contributed by atoms with E-state index < -0.39 is 0 Å². The first-order valence-corrected chi connectivity index (χ1v) is 11.0. The Morgan fingerprint density at radius 3 is 2.67 bits per heavy atom. The Kier molecular flexibility index (Phi) is 5.99. The number of hydrogen-bond donors (Lipinski definition) is 0. The predicted molar refractivity (Wildman–Crippen MR) is 123 cm³/mol. The molecule has 1 amide bonds. The highest BCUT2D eigenvalue weighted by Crippen LogP contribution is 2.24. The summed E-state index contributed by atoms with van der Waals surface area (Å²) in [5, 5.41) is 4.98. The lowest BCUT2D eigenvalue weighted by Gasteiger charge is -2.34. The number of nitrogens with zero attached hydrogens (tertiary/aromatic N) is 5. The molecule has 4 aromatic rings. The molecule has 4 heterocycles. The second kappa shape index (κ2) is 9.38. The molecule has 0 bridgehead atoms. The van der Waals surface area contributed by atoms with Gasteiger partial charge in [0.15, 0.2) is 11.5 Å². The number of piperazine rings is 1. The number of carbonyl (C=O) groups is 1. The quantitative estimate of drug-likeness (QED) is 0.451. The molecule has 0 spiro atoms. The van der Waals surface area contributed by atoms with E-state index in [9.17, 15) is 4.79 Å². The Labute approximate surface area is 191 Å². The molecular weight excluding hydrogens is 418 g/mol. The van der Waals surface area contributed by atoms with Crippen molar-refractivity contribution in [3.8, 4) is 5.75 Å². The lowest BCUT2D eigenvalue weighted by Crippen LogP contribution is -2.48. The molecule has 1 aliphatic rings. The van der Waals surface area contributed by atoms with Crippen molar-refractivity contribution in [2.45, 2.75) is 20.1 Å². The van der Waals surface area contributed by atoms with Gasteiger partial charge in [-0.2, -0.15) is 0 Å². The maximum Gasteiger partial charge on any atom is 0.276 e. The molecule has 0 N–H and O–H groups in total.